The minimum absolute atomic E-state index is 0.0668. The summed E-state index contributed by atoms with van der Waals surface area (Å²) in [4.78, 5) is 37.9. The average molecular weight is 464 g/mol. The number of amidine groups is 1. The van der Waals surface area contributed by atoms with Gasteiger partial charge in [0, 0.05) is 6.92 Å². The van der Waals surface area contributed by atoms with Crippen LogP contribution in [0.15, 0.2) is 46.3 Å². The van der Waals surface area contributed by atoms with E-state index in [2.05, 4.69) is 10.3 Å². The first kappa shape index (κ1) is 21.9. The van der Waals surface area contributed by atoms with E-state index < -0.39 is 11.9 Å². The molecule has 0 bridgehead atoms. The van der Waals surface area contributed by atoms with Crippen molar-refractivity contribution in [3.8, 4) is 5.75 Å². The number of halogens is 2. The second-order valence-electron chi connectivity index (χ2n) is 6.10. The van der Waals surface area contributed by atoms with Crippen molar-refractivity contribution in [1.82, 2.24) is 5.32 Å². The highest BCUT2D eigenvalue weighted by atomic mass is 35.5. The van der Waals surface area contributed by atoms with Crippen molar-refractivity contribution >= 4 is 64.0 Å². The molecule has 0 fully saturated rings. The Kier molecular flexibility index (Phi) is 6.81. The number of amides is 2. The molecular formula is C20H13Cl2N2O5S-. The molecule has 0 aromatic heterocycles. The Morgan fingerprint density at radius 2 is 1.83 bits per heavy atom. The number of carbonyl (C=O) groups is 3. The molecule has 1 N–H and O–H groups in total. The maximum Gasteiger partial charge on any atom is 0.286 e. The normalized spacial score (nSPS) is 14.6. The van der Waals surface area contributed by atoms with Gasteiger partial charge in [0.2, 0.25) is 5.91 Å². The van der Waals surface area contributed by atoms with E-state index in [0.717, 1.165) is 11.8 Å². The summed E-state index contributed by atoms with van der Waals surface area (Å²) in [6.45, 7) is 1.45. The lowest BCUT2D eigenvalue weighted by Crippen LogP contribution is -2.23. The largest absolute Gasteiger partial charge is 0.545 e. The third-order valence-electron chi connectivity index (χ3n) is 3.79. The number of carboxylic acid groups (broad SMARTS) is 1. The summed E-state index contributed by atoms with van der Waals surface area (Å²) in [5.41, 5.74) is 1.34. The van der Waals surface area contributed by atoms with Crippen LogP contribution >= 0.6 is 35.0 Å². The number of rotatable bonds is 5. The van der Waals surface area contributed by atoms with Crippen LogP contribution in [0, 0.1) is 0 Å². The Bertz CT molecular complexity index is 1070. The Morgan fingerprint density at radius 1 is 1.20 bits per heavy atom. The summed E-state index contributed by atoms with van der Waals surface area (Å²) in [6.07, 6.45) is 1.56. The van der Waals surface area contributed by atoms with Gasteiger partial charge in [0.05, 0.1) is 20.9 Å². The third kappa shape index (κ3) is 5.41. The summed E-state index contributed by atoms with van der Waals surface area (Å²) in [5, 5.41) is 13.9. The monoisotopic (exact) mass is 463 g/mol. The minimum Gasteiger partial charge on any atom is -0.545 e. The van der Waals surface area contributed by atoms with Crippen LogP contribution in [-0.2, 0) is 16.2 Å². The van der Waals surface area contributed by atoms with Gasteiger partial charge in [-0.25, -0.2) is 0 Å². The van der Waals surface area contributed by atoms with E-state index in [1.165, 1.54) is 19.1 Å². The number of carbonyl (C=O) groups excluding carboxylic acids is 3. The number of nitrogens with zero attached hydrogens (tertiary/aromatic N) is 1. The van der Waals surface area contributed by atoms with E-state index in [0.29, 0.717) is 16.0 Å². The Labute approximate surface area is 185 Å². The van der Waals surface area contributed by atoms with Gasteiger partial charge in [0.25, 0.3) is 5.91 Å². The maximum absolute atomic E-state index is 12.0. The molecule has 0 atom stereocenters. The van der Waals surface area contributed by atoms with E-state index in [4.69, 9.17) is 27.9 Å². The van der Waals surface area contributed by atoms with Crippen molar-refractivity contribution in [2.45, 2.75) is 13.5 Å². The fourth-order valence-electron chi connectivity index (χ4n) is 2.46. The van der Waals surface area contributed by atoms with Crippen molar-refractivity contribution in [2.75, 3.05) is 0 Å². The number of thioether (sulfide) groups is 1. The topological polar surface area (TPSA) is 108 Å². The first-order valence-corrected chi connectivity index (χ1v) is 10.0. The van der Waals surface area contributed by atoms with Crippen molar-refractivity contribution in [3.05, 3.63) is 68.0 Å². The molecule has 3 rings (SSSR count). The quantitative estimate of drug-likeness (QED) is 0.682. The van der Waals surface area contributed by atoms with Crippen LogP contribution in [0.3, 0.4) is 0 Å². The summed E-state index contributed by atoms with van der Waals surface area (Å²) < 4.78 is 5.67. The van der Waals surface area contributed by atoms with E-state index in [9.17, 15) is 19.5 Å². The third-order valence-corrected chi connectivity index (χ3v) is 5.26. The first-order valence-electron chi connectivity index (χ1n) is 8.45. The molecule has 0 spiro atoms. The molecular weight excluding hydrogens is 451 g/mol. The summed E-state index contributed by atoms with van der Waals surface area (Å²) >= 11 is 13.6. The van der Waals surface area contributed by atoms with Gasteiger partial charge in [0.1, 0.15) is 6.61 Å². The summed E-state index contributed by atoms with van der Waals surface area (Å²) in [6, 6.07) is 9.20. The molecule has 0 saturated carbocycles. The lowest BCUT2D eigenvalue weighted by molar-refractivity contribution is -0.255. The summed E-state index contributed by atoms with van der Waals surface area (Å²) in [7, 11) is 0. The molecule has 1 aliphatic heterocycles. The number of hydrogen-bond acceptors (Lipinski definition) is 6. The number of benzene rings is 2. The van der Waals surface area contributed by atoms with Gasteiger partial charge in [-0.05, 0) is 46.7 Å². The van der Waals surface area contributed by atoms with E-state index >= 15 is 0 Å². The fourth-order valence-corrected chi connectivity index (χ4v) is 3.93. The van der Waals surface area contributed by atoms with Gasteiger partial charge in [-0.2, -0.15) is 4.99 Å². The molecule has 0 aliphatic carbocycles. The number of aromatic carboxylic acids is 1. The zero-order valence-corrected chi connectivity index (χ0v) is 17.7. The maximum atomic E-state index is 12.0. The smallest absolute Gasteiger partial charge is 0.286 e. The molecule has 0 saturated heterocycles. The molecule has 2 amide bonds. The highest BCUT2D eigenvalue weighted by Gasteiger charge is 2.23. The van der Waals surface area contributed by atoms with Crippen LogP contribution in [0.1, 0.15) is 28.4 Å². The van der Waals surface area contributed by atoms with E-state index in [1.807, 2.05) is 0 Å². The van der Waals surface area contributed by atoms with E-state index in [1.54, 1.807) is 30.3 Å². The highest BCUT2D eigenvalue weighted by molar-refractivity contribution is 8.18. The molecule has 0 radical (unpaired) electrons. The standard InChI is InChI=1S/C20H14Cl2N2O5S/c1-10(25)23-20-24-18(26)16(30-20)8-12-6-14(21)17(15(22)7-12)29-9-11-2-4-13(5-3-11)19(27)28/h2-8H,9H2,1H3,(H,27,28)(H,23,24,25,26)/p-1/b16-8+. The van der Waals surface area contributed by atoms with Gasteiger partial charge >= 0.3 is 0 Å². The predicted molar refractivity (Wildman–Crippen MR) is 113 cm³/mol. The van der Waals surface area contributed by atoms with Crippen molar-refractivity contribution in [3.63, 3.8) is 0 Å². The van der Waals surface area contributed by atoms with Crippen LogP contribution in [0.25, 0.3) is 6.08 Å². The number of aliphatic imine (C=N–C) groups is 1. The Balaban J connectivity index is 1.72. The lowest BCUT2D eigenvalue weighted by Gasteiger charge is -2.12. The first-order chi connectivity index (χ1) is 14.2. The fraction of sp³-hybridized carbons (Fsp3) is 0.100. The molecule has 2 aromatic rings. The highest BCUT2D eigenvalue weighted by Crippen LogP contribution is 2.36. The van der Waals surface area contributed by atoms with Crippen LogP contribution in [0.5, 0.6) is 5.75 Å². The van der Waals surface area contributed by atoms with Crippen LogP contribution in [0.2, 0.25) is 10.0 Å². The molecule has 154 valence electrons. The predicted octanol–water partition coefficient (Wildman–Crippen LogP) is 3.04. The molecule has 30 heavy (non-hydrogen) atoms. The van der Waals surface area contributed by atoms with Gasteiger partial charge in [-0.3, -0.25) is 9.59 Å². The number of carboxylic acids is 1. The van der Waals surface area contributed by atoms with Gasteiger partial charge < -0.3 is 20.0 Å². The molecule has 10 heteroatoms. The molecule has 2 aromatic carbocycles. The SMILES string of the molecule is CC(=O)NC1=NC(=O)/C(=C\c2cc(Cl)c(OCc3ccc(C(=O)[O-])cc3)c(Cl)c2)S1. The molecule has 1 aliphatic rings. The zero-order chi connectivity index (χ0) is 21.8. The minimum atomic E-state index is -1.26. The molecule has 0 unspecified atom stereocenters. The second-order valence-corrected chi connectivity index (χ2v) is 7.95. The number of nitrogens with one attached hydrogen (secondary N) is 1. The van der Waals surface area contributed by atoms with Gasteiger partial charge in [-0.15, -0.1) is 0 Å². The van der Waals surface area contributed by atoms with Crippen LogP contribution in [-0.4, -0.2) is 23.0 Å². The van der Waals surface area contributed by atoms with E-state index in [-0.39, 0.29) is 39.0 Å². The second kappa shape index (κ2) is 9.34. The zero-order valence-electron chi connectivity index (χ0n) is 15.4. The van der Waals surface area contributed by atoms with Crippen molar-refractivity contribution in [2.24, 2.45) is 4.99 Å². The van der Waals surface area contributed by atoms with Crippen LogP contribution in [0.4, 0.5) is 0 Å². The molecule has 1 heterocycles. The Hall–Kier alpha value is -2.81. The Morgan fingerprint density at radius 3 is 2.40 bits per heavy atom. The van der Waals surface area contributed by atoms with Crippen molar-refractivity contribution in [1.29, 1.82) is 0 Å². The number of hydrogen-bond donors (Lipinski definition) is 1. The van der Waals surface area contributed by atoms with Crippen molar-refractivity contribution < 1.29 is 24.2 Å². The number of ether oxygens (including phenoxy) is 1. The summed E-state index contributed by atoms with van der Waals surface area (Å²) in [5.74, 6) is -1.80. The van der Waals surface area contributed by atoms with Crippen LogP contribution < -0.4 is 15.2 Å². The lowest BCUT2D eigenvalue weighted by atomic mass is 10.1. The average Bonchev–Trinajstić information content (AvgIpc) is 2.99. The van der Waals surface area contributed by atoms with Gasteiger partial charge in [-0.1, -0.05) is 47.5 Å². The van der Waals surface area contributed by atoms with Gasteiger partial charge in [0.15, 0.2) is 10.9 Å². The molecule has 7 nitrogen and oxygen atoms in total.